The lowest BCUT2D eigenvalue weighted by Gasteiger charge is -2.06. The molecule has 3 nitrogen and oxygen atoms in total. The maximum absolute atomic E-state index is 5.82. The van der Waals surface area contributed by atoms with E-state index in [2.05, 4.69) is 46.9 Å². The summed E-state index contributed by atoms with van der Waals surface area (Å²) < 4.78 is 7.97. The third-order valence-electron chi connectivity index (χ3n) is 3.80. The lowest BCUT2D eigenvalue weighted by atomic mass is 10.1. The van der Waals surface area contributed by atoms with Crippen LogP contribution in [0.25, 0.3) is 11.3 Å². The average molecular weight is 343 g/mol. The molecule has 0 unspecified atom stereocenters. The Morgan fingerprint density at radius 1 is 1.00 bits per heavy atom. The number of imidazole rings is 1. The van der Waals surface area contributed by atoms with Crippen LogP contribution < -0.4 is 4.74 Å². The number of benzene rings is 2. The van der Waals surface area contributed by atoms with E-state index >= 15 is 0 Å². The van der Waals surface area contributed by atoms with Crippen LogP contribution in [-0.2, 0) is 13.2 Å². The number of rotatable bonds is 7. The third kappa shape index (κ3) is 4.87. The van der Waals surface area contributed by atoms with E-state index in [1.54, 1.807) is 0 Å². The van der Waals surface area contributed by atoms with Gasteiger partial charge in [0.05, 0.1) is 12.0 Å². The van der Waals surface area contributed by atoms with Crippen molar-refractivity contribution in [3.63, 3.8) is 0 Å². The molecule has 126 valence electrons. The van der Waals surface area contributed by atoms with E-state index in [9.17, 15) is 0 Å². The van der Waals surface area contributed by atoms with Crippen LogP contribution in [-0.4, -0.2) is 9.55 Å². The molecule has 0 fully saturated rings. The predicted molar refractivity (Wildman–Crippen MR) is 101 cm³/mol. The van der Waals surface area contributed by atoms with E-state index in [0.717, 1.165) is 23.6 Å². The minimum Gasteiger partial charge on any atom is -0.489 e. The van der Waals surface area contributed by atoms with Gasteiger partial charge in [-0.2, -0.15) is 0 Å². The Morgan fingerprint density at radius 2 is 1.75 bits per heavy atom. The average Bonchev–Trinajstić information content (AvgIpc) is 3.08. The Bertz CT molecular complexity index is 723. The first-order valence-corrected chi connectivity index (χ1v) is 8.14. The quantitative estimate of drug-likeness (QED) is 0.578. The van der Waals surface area contributed by atoms with Crippen molar-refractivity contribution >= 4 is 12.4 Å². The van der Waals surface area contributed by atoms with Crippen molar-refractivity contribution in [2.75, 3.05) is 0 Å². The maximum Gasteiger partial charge on any atom is 0.119 e. The van der Waals surface area contributed by atoms with Crippen LogP contribution >= 0.6 is 12.4 Å². The molecule has 0 N–H and O–H groups in total. The van der Waals surface area contributed by atoms with Gasteiger partial charge in [0.15, 0.2) is 0 Å². The van der Waals surface area contributed by atoms with Gasteiger partial charge in [-0.15, -0.1) is 12.4 Å². The number of nitrogens with zero attached hydrogens (tertiary/aromatic N) is 2. The third-order valence-corrected chi connectivity index (χ3v) is 3.80. The minimum absolute atomic E-state index is 0. The smallest absolute Gasteiger partial charge is 0.119 e. The summed E-state index contributed by atoms with van der Waals surface area (Å²) in [6.07, 6.45) is 6.39. The van der Waals surface area contributed by atoms with Crippen molar-refractivity contribution in [2.24, 2.45) is 0 Å². The van der Waals surface area contributed by atoms with Crippen LogP contribution in [0.5, 0.6) is 5.75 Å². The minimum atomic E-state index is 0. The van der Waals surface area contributed by atoms with Gasteiger partial charge in [0.25, 0.3) is 0 Å². The molecule has 3 rings (SSSR count). The molecule has 0 spiro atoms. The van der Waals surface area contributed by atoms with Gasteiger partial charge in [-0.3, -0.25) is 0 Å². The van der Waals surface area contributed by atoms with Crippen molar-refractivity contribution in [2.45, 2.75) is 32.9 Å². The highest BCUT2D eigenvalue weighted by molar-refractivity contribution is 5.85. The second-order valence-electron chi connectivity index (χ2n) is 5.65. The summed E-state index contributed by atoms with van der Waals surface area (Å²) >= 11 is 0. The number of ether oxygens (including phenoxy) is 1. The number of aromatic nitrogens is 2. The summed E-state index contributed by atoms with van der Waals surface area (Å²) in [5.74, 6) is 0.878. The largest absolute Gasteiger partial charge is 0.489 e. The molecule has 24 heavy (non-hydrogen) atoms. The SMILES string of the molecule is CCCCn1cnc(-c2ccc(OCc3ccccc3)cc2)c1.Cl. The Kier molecular flexibility index (Phi) is 6.89. The summed E-state index contributed by atoms with van der Waals surface area (Å²) in [6, 6.07) is 18.3. The van der Waals surface area contributed by atoms with E-state index in [1.165, 1.54) is 18.4 Å². The Morgan fingerprint density at radius 3 is 2.46 bits per heavy atom. The molecule has 0 aliphatic heterocycles. The molecule has 0 saturated carbocycles. The predicted octanol–water partition coefficient (Wildman–Crippen LogP) is 5.35. The number of aryl methyl sites for hydroxylation is 1. The van der Waals surface area contributed by atoms with E-state index in [-0.39, 0.29) is 12.4 Å². The van der Waals surface area contributed by atoms with Crippen molar-refractivity contribution in [1.82, 2.24) is 9.55 Å². The Labute approximate surface area is 149 Å². The first kappa shape index (κ1) is 18.1. The molecule has 0 aliphatic rings. The highest BCUT2D eigenvalue weighted by atomic mass is 35.5. The van der Waals surface area contributed by atoms with E-state index in [0.29, 0.717) is 6.61 Å². The molecule has 4 heteroatoms. The summed E-state index contributed by atoms with van der Waals surface area (Å²) in [7, 11) is 0. The first-order chi connectivity index (χ1) is 11.3. The van der Waals surface area contributed by atoms with Gasteiger partial charge in [-0.1, -0.05) is 43.7 Å². The van der Waals surface area contributed by atoms with Crippen LogP contribution in [0, 0.1) is 0 Å². The zero-order valence-corrected chi connectivity index (χ0v) is 14.7. The number of halogens is 1. The monoisotopic (exact) mass is 342 g/mol. The van der Waals surface area contributed by atoms with Gasteiger partial charge in [-0.25, -0.2) is 4.98 Å². The fourth-order valence-electron chi connectivity index (χ4n) is 2.43. The van der Waals surface area contributed by atoms with Crippen LogP contribution in [0.4, 0.5) is 0 Å². The molecule has 0 radical (unpaired) electrons. The van der Waals surface area contributed by atoms with Gasteiger partial charge < -0.3 is 9.30 Å². The second kappa shape index (κ2) is 9.14. The zero-order chi connectivity index (χ0) is 15.9. The molecule has 3 aromatic rings. The van der Waals surface area contributed by atoms with Gasteiger partial charge >= 0.3 is 0 Å². The molecular formula is C20H23ClN2O. The van der Waals surface area contributed by atoms with Crippen LogP contribution in [0.15, 0.2) is 67.1 Å². The molecule has 2 aromatic carbocycles. The topological polar surface area (TPSA) is 27.1 Å². The van der Waals surface area contributed by atoms with Gasteiger partial charge in [0, 0.05) is 18.3 Å². The van der Waals surface area contributed by atoms with Crippen molar-refractivity contribution < 1.29 is 4.74 Å². The normalized spacial score (nSPS) is 10.2. The van der Waals surface area contributed by atoms with Gasteiger partial charge in [-0.05, 0) is 36.2 Å². The Balaban J connectivity index is 0.00000208. The molecule has 0 bridgehead atoms. The van der Waals surface area contributed by atoms with Crippen LogP contribution in [0.1, 0.15) is 25.3 Å². The summed E-state index contributed by atoms with van der Waals surface area (Å²) in [4.78, 5) is 4.48. The Hall–Kier alpha value is -2.26. The standard InChI is InChI=1S/C20H22N2O.ClH/c1-2-3-13-22-14-20(21-16-22)18-9-11-19(12-10-18)23-15-17-7-5-4-6-8-17;/h4-12,14,16H,2-3,13,15H2,1H3;1H. The second-order valence-corrected chi connectivity index (χ2v) is 5.65. The van der Waals surface area contributed by atoms with Gasteiger partial charge in [0.1, 0.15) is 12.4 Å². The lowest BCUT2D eigenvalue weighted by Crippen LogP contribution is -1.94. The molecule has 0 atom stereocenters. The first-order valence-electron chi connectivity index (χ1n) is 8.14. The summed E-state index contributed by atoms with van der Waals surface area (Å²) in [5.41, 5.74) is 3.30. The number of hydrogen-bond acceptors (Lipinski definition) is 2. The fourth-order valence-corrected chi connectivity index (χ4v) is 2.43. The van der Waals surface area contributed by atoms with E-state index < -0.39 is 0 Å². The highest BCUT2D eigenvalue weighted by Gasteiger charge is 2.03. The zero-order valence-electron chi connectivity index (χ0n) is 13.9. The number of unbranched alkanes of at least 4 members (excludes halogenated alkanes) is 1. The van der Waals surface area contributed by atoms with E-state index in [1.807, 2.05) is 36.7 Å². The van der Waals surface area contributed by atoms with Crippen LogP contribution in [0.3, 0.4) is 0 Å². The summed E-state index contributed by atoms with van der Waals surface area (Å²) in [5, 5.41) is 0. The van der Waals surface area contributed by atoms with Crippen molar-refractivity contribution in [1.29, 1.82) is 0 Å². The highest BCUT2D eigenvalue weighted by Crippen LogP contribution is 2.21. The van der Waals surface area contributed by atoms with Gasteiger partial charge in [0.2, 0.25) is 0 Å². The van der Waals surface area contributed by atoms with E-state index in [4.69, 9.17) is 4.74 Å². The van der Waals surface area contributed by atoms with Crippen LogP contribution in [0.2, 0.25) is 0 Å². The van der Waals surface area contributed by atoms with Crippen molar-refractivity contribution in [3.05, 3.63) is 72.7 Å². The molecule has 1 aromatic heterocycles. The maximum atomic E-state index is 5.82. The molecule has 0 saturated heterocycles. The summed E-state index contributed by atoms with van der Waals surface area (Å²) in [6.45, 7) is 3.82. The van der Waals surface area contributed by atoms with Crippen molar-refractivity contribution in [3.8, 4) is 17.0 Å². The number of hydrogen-bond donors (Lipinski definition) is 0. The molecule has 0 aliphatic carbocycles. The fraction of sp³-hybridized carbons (Fsp3) is 0.250. The molecule has 1 heterocycles. The lowest BCUT2D eigenvalue weighted by molar-refractivity contribution is 0.306. The molecule has 0 amide bonds. The molecular weight excluding hydrogens is 320 g/mol.